The molecular weight excluding hydrogens is 314 g/mol. The first-order valence-corrected chi connectivity index (χ1v) is 7.40. The van der Waals surface area contributed by atoms with E-state index in [9.17, 15) is 0 Å². The van der Waals surface area contributed by atoms with Gasteiger partial charge in [-0.1, -0.05) is 19.0 Å². The molecular formula is C12H14BrN3OS. The maximum Gasteiger partial charge on any atom is 0.257 e. The van der Waals surface area contributed by atoms with E-state index in [2.05, 4.69) is 39.9 Å². The highest BCUT2D eigenvalue weighted by atomic mass is 79.9. The largest absolute Gasteiger partial charge is 0.398 e. The second kappa shape index (κ2) is 5.75. The second-order valence-corrected chi connectivity index (χ2v) is 6.53. The molecule has 0 spiro atoms. The molecule has 0 saturated heterocycles. The van der Waals surface area contributed by atoms with Crippen molar-refractivity contribution < 1.29 is 4.52 Å². The fourth-order valence-corrected chi connectivity index (χ4v) is 2.31. The maximum atomic E-state index is 5.74. The summed E-state index contributed by atoms with van der Waals surface area (Å²) < 4.78 is 6.07. The summed E-state index contributed by atoms with van der Waals surface area (Å²) in [5, 5.41) is 4.52. The van der Waals surface area contributed by atoms with Gasteiger partial charge >= 0.3 is 0 Å². The van der Waals surface area contributed by atoms with Gasteiger partial charge in [-0.25, -0.2) is 0 Å². The van der Waals surface area contributed by atoms with E-state index < -0.39 is 0 Å². The molecule has 2 aromatic rings. The van der Waals surface area contributed by atoms with Gasteiger partial charge in [0.05, 0.1) is 5.75 Å². The van der Waals surface area contributed by atoms with Gasteiger partial charge in [0.1, 0.15) is 0 Å². The van der Waals surface area contributed by atoms with Crippen LogP contribution in [0.1, 0.15) is 19.7 Å². The zero-order valence-electron chi connectivity index (χ0n) is 10.2. The lowest BCUT2D eigenvalue weighted by Crippen LogP contribution is -1.91. The monoisotopic (exact) mass is 327 g/mol. The minimum atomic E-state index is 0.523. The van der Waals surface area contributed by atoms with Crippen molar-refractivity contribution in [2.45, 2.75) is 24.9 Å². The van der Waals surface area contributed by atoms with Gasteiger partial charge in [-0.05, 0) is 39.4 Å². The molecule has 2 N–H and O–H groups in total. The molecule has 0 atom stereocenters. The van der Waals surface area contributed by atoms with E-state index in [1.807, 2.05) is 18.2 Å². The van der Waals surface area contributed by atoms with Crippen LogP contribution in [0.2, 0.25) is 0 Å². The molecule has 18 heavy (non-hydrogen) atoms. The van der Waals surface area contributed by atoms with Gasteiger partial charge in [0, 0.05) is 15.7 Å². The van der Waals surface area contributed by atoms with Crippen molar-refractivity contribution in [3.05, 3.63) is 28.5 Å². The molecule has 0 fully saturated rings. The van der Waals surface area contributed by atoms with Crippen molar-refractivity contribution >= 4 is 33.4 Å². The van der Waals surface area contributed by atoms with Crippen molar-refractivity contribution in [2.75, 3.05) is 5.73 Å². The summed E-state index contributed by atoms with van der Waals surface area (Å²) in [7, 11) is 0. The number of halogens is 1. The van der Waals surface area contributed by atoms with E-state index in [0.717, 1.165) is 21.6 Å². The fraction of sp³-hybridized carbons (Fsp3) is 0.333. The van der Waals surface area contributed by atoms with Crippen LogP contribution in [0.4, 0.5) is 5.69 Å². The van der Waals surface area contributed by atoms with Crippen LogP contribution in [-0.2, 0) is 5.75 Å². The van der Waals surface area contributed by atoms with E-state index in [0.29, 0.717) is 16.8 Å². The highest BCUT2D eigenvalue weighted by Gasteiger charge is 2.10. The van der Waals surface area contributed by atoms with Crippen LogP contribution in [0.3, 0.4) is 0 Å². The summed E-state index contributed by atoms with van der Waals surface area (Å²) in [5.74, 6) is 2.00. The fourth-order valence-electron chi connectivity index (χ4n) is 1.33. The van der Waals surface area contributed by atoms with Gasteiger partial charge in [-0.15, -0.1) is 0 Å². The van der Waals surface area contributed by atoms with Gasteiger partial charge in [-0.2, -0.15) is 16.7 Å². The average Bonchev–Trinajstić information content (AvgIpc) is 2.79. The van der Waals surface area contributed by atoms with Crippen molar-refractivity contribution in [2.24, 2.45) is 0 Å². The lowest BCUT2D eigenvalue weighted by Gasteiger charge is -2.00. The van der Waals surface area contributed by atoms with E-state index in [1.165, 1.54) is 0 Å². The van der Waals surface area contributed by atoms with Gasteiger partial charge in [0.15, 0.2) is 5.82 Å². The topological polar surface area (TPSA) is 64.9 Å². The Balaban J connectivity index is 2.16. The summed E-state index contributed by atoms with van der Waals surface area (Å²) in [6.45, 7) is 4.28. The summed E-state index contributed by atoms with van der Waals surface area (Å²) in [6.07, 6.45) is 0. The van der Waals surface area contributed by atoms with E-state index in [-0.39, 0.29) is 0 Å². The Morgan fingerprint density at radius 2 is 2.22 bits per heavy atom. The molecule has 2 rings (SSSR count). The summed E-state index contributed by atoms with van der Waals surface area (Å²) in [6, 6.07) is 5.56. The number of nitrogens with two attached hydrogens (primary N) is 1. The van der Waals surface area contributed by atoms with Crippen LogP contribution in [0.25, 0.3) is 11.5 Å². The number of hydrogen-bond acceptors (Lipinski definition) is 5. The zero-order valence-corrected chi connectivity index (χ0v) is 12.6. The van der Waals surface area contributed by atoms with Gasteiger partial charge in [-0.3, -0.25) is 0 Å². The molecule has 0 bridgehead atoms. The Kier molecular flexibility index (Phi) is 4.29. The Bertz CT molecular complexity index is 542. The summed E-state index contributed by atoms with van der Waals surface area (Å²) in [5.41, 5.74) is 7.29. The zero-order chi connectivity index (χ0) is 13.1. The molecule has 0 saturated carbocycles. The highest BCUT2D eigenvalue weighted by molar-refractivity contribution is 9.10. The molecule has 6 heteroatoms. The maximum absolute atomic E-state index is 5.74. The number of rotatable bonds is 4. The number of nitrogens with zero attached hydrogens (tertiary/aromatic N) is 2. The Morgan fingerprint density at radius 3 is 2.89 bits per heavy atom. The molecule has 0 unspecified atom stereocenters. The summed E-state index contributed by atoms with van der Waals surface area (Å²) >= 11 is 5.17. The lowest BCUT2D eigenvalue weighted by molar-refractivity contribution is 0.425. The molecule has 1 aromatic carbocycles. The van der Waals surface area contributed by atoms with Crippen LogP contribution in [0, 0.1) is 0 Å². The minimum absolute atomic E-state index is 0.523. The van der Waals surface area contributed by atoms with Crippen molar-refractivity contribution in [3.8, 4) is 11.5 Å². The molecule has 1 aromatic heterocycles. The molecule has 0 aliphatic heterocycles. The third kappa shape index (κ3) is 3.26. The predicted octanol–water partition coefficient (Wildman–Crippen LogP) is 3.72. The predicted molar refractivity (Wildman–Crippen MR) is 78.3 cm³/mol. The van der Waals surface area contributed by atoms with Gasteiger partial charge in [0.25, 0.3) is 5.89 Å². The van der Waals surface area contributed by atoms with Crippen molar-refractivity contribution in [3.63, 3.8) is 0 Å². The number of thioether (sulfide) groups is 1. The number of aromatic nitrogens is 2. The number of hydrogen-bond donors (Lipinski definition) is 1. The third-order valence-corrected chi connectivity index (χ3v) is 4.04. The molecule has 0 aliphatic rings. The molecule has 1 heterocycles. The first-order valence-electron chi connectivity index (χ1n) is 5.56. The normalized spacial score (nSPS) is 11.1. The highest BCUT2D eigenvalue weighted by Crippen LogP contribution is 2.26. The van der Waals surface area contributed by atoms with E-state index in [1.54, 1.807) is 11.8 Å². The second-order valence-electron chi connectivity index (χ2n) is 4.11. The third-order valence-electron chi connectivity index (χ3n) is 2.26. The first kappa shape index (κ1) is 13.4. The summed E-state index contributed by atoms with van der Waals surface area (Å²) in [4.78, 5) is 4.36. The Labute approximate surface area is 118 Å². The Hall–Kier alpha value is -1.01. The van der Waals surface area contributed by atoms with E-state index in [4.69, 9.17) is 10.3 Å². The SMILES string of the molecule is CC(C)SCc1noc(-c2ccc(N)c(Br)c2)n1. The van der Waals surface area contributed by atoms with Crippen LogP contribution >= 0.6 is 27.7 Å². The van der Waals surface area contributed by atoms with Crippen molar-refractivity contribution in [1.29, 1.82) is 0 Å². The van der Waals surface area contributed by atoms with Crippen LogP contribution in [0.5, 0.6) is 0 Å². The minimum Gasteiger partial charge on any atom is -0.398 e. The van der Waals surface area contributed by atoms with E-state index >= 15 is 0 Å². The standard InChI is InChI=1S/C12H14BrN3OS/c1-7(2)18-6-11-15-12(17-16-11)8-3-4-10(14)9(13)5-8/h3-5,7H,6,14H2,1-2H3. The van der Waals surface area contributed by atoms with Crippen LogP contribution in [-0.4, -0.2) is 15.4 Å². The number of nitrogen functional groups attached to an aromatic ring is 1. The molecule has 0 amide bonds. The quantitative estimate of drug-likeness (QED) is 0.867. The Morgan fingerprint density at radius 1 is 1.44 bits per heavy atom. The number of benzene rings is 1. The smallest absolute Gasteiger partial charge is 0.257 e. The molecule has 0 radical (unpaired) electrons. The first-order chi connectivity index (χ1) is 8.56. The van der Waals surface area contributed by atoms with Gasteiger partial charge < -0.3 is 10.3 Å². The molecule has 96 valence electrons. The van der Waals surface area contributed by atoms with Crippen molar-refractivity contribution in [1.82, 2.24) is 10.1 Å². The number of anilines is 1. The average molecular weight is 328 g/mol. The molecule has 0 aliphatic carbocycles. The van der Waals surface area contributed by atoms with Crippen LogP contribution < -0.4 is 5.73 Å². The molecule has 4 nitrogen and oxygen atoms in total. The van der Waals surface area contributed by atoms with Crippen LogP contribution in [0.15, 0.2) is 27.2 Å². The lowest BCUT2D eigenvalue weighted by atomic mass is 10.2. The van der Waals surface area contributed by atoms with Gasteiger partial charge in [0.2, 0.25) is 0 Å².